The molecular formula is C28H56N2. The summed E-state index contributed by atoms with van der Waals surface area (Å²) in [6.07, 6.45) is 33.7. The van der Waals surface area contributed by atoms with Crippen LogP contribution in [0.3, 0.4) is 0 Å². The Kier molecular flexibility index (Phi) is 18.5. The van der Waals surface area contributed by atoms with Gasteiger partial charge in [0.25, 0.3) is 0 Å². The van der Waals surface area contributed by atoms with Crippen molar-refractivity contribution in [2.24, 2.45) is 0 Å². The molecule has 1 unspecified atom stereocenters. The Labute approximate surface area is 190 Å². The number of hydrogen-bond acceptors (Lipinski definition) is 2. The maximum absolute atomic E-state index is 2.61. The van der Waals surface area contributed by atoms with Crippen LogP contribution >= 0.6 is 0 Å². The second kappa shape index (κ2) is 20.3. The molecule has 1 atom stereocenters. The molecule has 0 aromatic heterocycles. The summed E-state index contributed by atoms with van der Waals surface area (Å²) in [4.78, 5) is 5.22. The molecule has 0 spiro atoms. The van der Waals surface area contributed by atoms with Gasteiger partial charge in [0.15, 0.2) is 0 Å². The van der Waals surface area contributed by atoms with Crippen LogP contribution in [0.1, 0.15) is 149 Å². The van der Waals surface area contributed by atoms with Gasteiger partial charge >= 0.3 is 0 Å². The second-order valence-electron chi connectivity index (χ2n) is 9.67. The van der Waals surface area contributed by atoms with E-state index in [1.807, 2.05) is 0 Å². The summed E-state index contributed by atoms with van der Waals surface area (Å²) in [7, 11) is 0. The Balaban J connectivity index is 1.98. The highest BCUT2D eigenvalue weighted by Gasteiger charge is 2.23. The SMILES string of the molecule is CCCCCCCCCCCCN1C=CN(CCCCCCCCCCC)C1CC. The monoisotopic (exact) mass is 420 g/mol. The molecule has 0 aromatic carbocycles. The van der Waals surface area contributed by atoms with E-state index >= 15 is 0 Å². The molecule has 1 aliphatic heterocycles. The summed E-state index contributed by atoms with van der Waals surface area (Å²) in [5.41, 5.74) is 0. The molecule has 0 aliphatic carbocycles. The van der Waals surface area contributed by atoms with Crippen molar-refractivity contribution in [2.45, 2.75) is 155 Å². The summed E-state index contributed by atoms with van der Waals surface area (Å²) in [5.74, 6) is 0. The third-order valence-corrected chi connectivity index (χ3v) is 6.87. The molecule has 0 N–H and O–H groups in total. The van der Waals surface area contributed by atoms with Gasteiger partial charge in [-0.1, -0.05) is 130 Å². The maximum Gasteiger partial charge on any atom is 0.100 e. The van der Waals surface area contributed by atoms with Crippen LogP contribution in [-0.2, 0) is 0 Å². The topological polar surface area (TPSA) is 6.48 Å². The van der Waals surface area contributed by atoms with Crippen molar-refractivity contribution in [1.82, 2.24) is 9.80 Å². The zero-order chi connectivity index (χ0) is 21.7. The zero-order valence-corrected chi connectivity index (χ0v) is 21.2. The largest absolute Gasteiger partial charge is 0.356 e. The fraction of sp³-hybridized carbons (Fsp3) is 0.929. The number of hydrogen-bond donors (Lipinski definition) is 0. The Morgan fingerprint density at radius 1 is 0.433 bits per heavy atom. The van der Waals surface area contributed by atoms with Gasteiger partial charge in [0, 0.05) is 25.5 Å². The molecule has 0 bridgehead atoms. The van der Waals surface area contributed by atoms with Gasteiger partial charge in [0.05, 0.1) is 0 Å². The van der Waals surface area contributed by atoms with Crippen molar-refractivity contribution in [3.63, 3.8) is 0 Å². The standard InChI is InChI=1S/C28H56N2/c1-4-7-9-11-13-15-17-19-21-23-25-30-27-26-29(28(30)6-3)24-22-20-18-16-14-12-10-8-5-2/h26-28H,4-25H2,1-3H3. The fourth-order valence-electron chi connectivity index (χ4n) is 4.86. The highest BCUT2D eigenvalue weighted by molar-refractivity contribution is 4.96. The molecule has 0 aromatic rings. The fourth-order valence-corrected chi connectivity index (χ4v) is 4.86. The van der Waals surface area contributed by atoms with E-state index in [2.05, 4.69) is 43.0 Å². The molecule has 178 valence electrons. The minimum absolute atomic E-state index is 0.623. The van der Waals surface area contributed by atoms with E-state index in [0.29, 0.717) is 6.17 Å². The quantitative estimate of drug-likeness (QED) is 0.161. The summed E-state index contributed by atoms with van der Waals surface area (Å²) < 4.78 is 0. The molecule has 0 saturated heterocycles. The van der Waals surface area contributed by atoms with Gasteiger partial charge in [-0.3, -0.25) is 0 Å². The van der Waals surface area contributed by atoms with Crippen LogP contribution in [0.2, 0.25) is 0 Å². The lowest BCUT2D eigenvalue weighted by Crippen LogP contribution is -2.38. The van der Waals surface area contributed by atoms with Crippen molar-refractivity contribution in [2.75, 3.05) is 13.1 Å². The predicted octanol–water partition coefficient (Wildman–Crippen LogP) is 9.26. The molecule has 1 rings (SSSR count). The van der Waals surface area contributed by atoms with Crippen LogP contribution in [0, 0.1) is 0 Å². The Morgan fingerprint density at radius 3 is 1.03 bits per heavy atom. The zero-order valence-electron chi connectivity index (χ0n) is 21.2. The van der Waals surface area contributed by atoms with E-state index < -0.39 is 0 Å². The number of nitrogens with zero attached hydrogens (tertiary/aromatic N) is 2. The average molecular weight is 421 g/mol. The van der Waals surface area contributed by atoms with Crippen molar-refractivity contribution >= 4 is 0 Å². The maximum atomic E-state index is 2.61. The summed E-state index contributed by atoms with van der Waals surface area (Å²) in [5, 5.41) is 0. The molecule has 2 nitrogen and oxygen atoms in total. The summed E-state index contributed by atoms with van der Waals surface area (Å²) in [6.45, 7) is 9.45. The minimum atomic E-state index is 0.623. The first kappa shape index (κ1) is 27.4. The Bertz CT molecular complexity index is 379. The summed E-state index contributed by atoms with van der Waals surface area (Å²) in [6, 6.07) is 0. The van der Waals surface area contributed by atoms with Gasteiger partial charge in [-0.2, -0.15) is 0 Å². The first-order valence-electron chi connectivity index (χ1n) is 14.0. The van der Waals surface area contributed by atoms with Gasteiger partial charge in [0.1, 0.15) is 6.17 Å². The lowest BCUT2D eigenvalue weighted by molar-refractivity contribution is 0.144. The second-order valence-corrected chi connectivity index (χ2v) is 9.67. The van der Waals surface area contributed by atoms with E-state index in [9.17, 15) is 0 Å². The normalized spacial score (nSPS) is 16.2. The Morgan fingerprint density at radius 2 is 0.733 bits per heavy atom. The molecule has 2 heteroatoms. The molecule has 1 aliphatic rings. The highest BCUT2D eigenvalue weighted by atomic mass is 15.4. The molecule has 1 heterocycles. The van der Waals surface area contributed by atoms with Gasteiger partial charge in [0.2, 0.25) is 0 Å². The first-order valence-corrected chi connectivity index (χ1v) is 14.0. The van der Waals surface area contributed by atoms with E-state index in [0.717, 1.165) is 0 Å². The molecule has 0 fully saturated rings. The van der Waals surface area contributed by atoms with Crippen molar-refractivity contribution in [3.05, 3.63) is 12.4 Å². The van der Waals surface area contributed by atoms with E-state index in [-0.39, 0.29) is 0 Å². The van der Waals surface area contributed by atoms with Gasteiger partial charge < -0.3 is 9.80 Å². The number of rotatable bonds is 22. The van der Waals surface area contributed by atoms with Crippen molar-refractivity contribution < 1.29 is 0 Å². The minimum Gasteiger partial charge on any atom is -0.356 e. The molecule has 0 radical (unpaired) electrons. The summed E-state index contributed by atoms with van der Waals surface area (Å²) >= 11 is 0. The van der Waals surface area contributed by atoms with Crippen molar-refractivity contribution in [3.8, 4) is 0 Å². The van der Waals surface area contributed by atoms with Crippen LogP contribution in [0.25, 0.3) is 0 Å². The number of unbranched alkanes of at least 4 members (excludes halogenated alkanes) is 17. The lowest BCUT2D eigenvalue weighted by atomic mass is 10.1. The van der Waals surface area contributed by atoms with Crippen molar-refractivity contribution in [1.29, 1.82) is 0 Å². The smallest absolute Gasteiger partial charge is 0.100 e. The Hall–Kier alpha value is -0.660. The van der Waals surface area contributed by atoms with E-state index in [1.165, 1.54) is 142 Å². The van der Waals surface area contributed by atoms with Crippen LogP contribution in [0.15, 0.2) is 12.4 Å². The molecule has 30 heavy (non-hydrogen) atoms. The van der Waals surface area contributed by atoms with Gasteiger partial charge in [-0.25, -0.2) is 0 Å². The van der Waals surface area contributed by atoms with Crippen LogP contribution in [0.4, 0.5) is 0 Å². The third kappa shape index (κ3) is 13.6. The van der Waals surface area contributed by atoms with Gasteiger partial charge in [-0.05, 0) is 19.3 Å². The van der Waals surface area contributed by atoms with Crippen LogP contribution in [0.5, 0.6) is 0 Å². The van der Waals surface area contributed by atoms with E-state index in [4.69, 9.17) is 0 Å². The predicted molar refractivity (Wildman–Crippen MR) is 136 cm³/mol. The van der Waals surface area contributed by atoms with Crippen LogP contribution < -0.4 is 0 Å². The van der Waals surface area contributed by atoms with Gasteiger partial charge in [-0.15, -0.1) is 0 Å². The average Bonchev–Trinajstić information content (AvgIpc) is 3.15. The molecule has 0 amide bonds. The molecular weight excluding hydrogens is 364 g/mol. The third-order valence-electron chi connectivity index (χ3n) is 6.87. The van der Waals surface area contributed by atoms with E-state index in [1.54, 1.807) is 0 Å². The first-order chi connectivity index (χ1) is 14.8. The lowest BCUT2D eigenvalue weighted by Gasteiger charge is -2.32. The highest BCUT2D eigenvalue weighted by Crippen LogP contribution is 2.21. The van der Waals surface area contributed by atoms with Crippen LogP contribution in [-0.4, -0.2) is 29.1 Å². The molecule has 0 saturated carbocycles.